The number of ether oxygens (including phenoxy) is 4. The van der Waals surface area contributed by atoms with Gasteiger partial charge in [0.25, 0.3) is 11.6 Å². The fourth-order valence-corrected chi connectivity index (χ4v) is 5.57. The first kappa shape index (κ1) is 27.7. The van der Waals surface area contributed by atoms with E-state index >= 15 is 0 Å². The van der Waals surface area contributed by atoms with Crippen molar-refractivity contribution in [3.05, 3.63) is 93.0 Å². The Morgan fingerprint density at radius 1 is 0.927 bits per heavy atom. The van der Waals surface area contributed by atoms with Gasteiger partial charge in [-0.15, -0.1) is 0 Å². The first-order chi connectivity index (χ1) is 19.9. The monoisotopic (exact) mass is 557 g/mol. The lowest BCUT2D eigenvalue weighted by molar-refractivity contribution is -0.384. The lowest BCUT2D eigenvalue weighted by Crippen LogP contribution is -2.32. The SMILES string of the molecule is COc1ccc(/C=C2\CCC[C@@H]3C2=NN(C(=O)c2cccc([N+](=O)[O-])c2)[C@@H]3c2ccc(OC)c(OC)c2)cc1OC. The normalized spacial score (nSPS) is 18.9. The quantitative estimate of drug-likeness (QED) is 0.244. The first-order valence-corrected chi connectivity index (χ1v) is 13.2. The van der Waals surface area contributed by atoms with Crippen molar-refractivity contribution in [1.82, 2.24) is 5.01 Å². The van der Waals surface area contributed by atoms with Gasteiger partial charge in [-0.3, -0.25) is 14.9 Å². The molecule has 2 atom stereocenters. The Kier molecular flexibility index (Phi) is 7.91. The molecule has 10 nitrogen and oxygen atoms in total. The van der Waals surface area contributed by atoms with Crippen molar-refractivity contribution in [3.63, 3.8) is 0 Å². The van der Waals surface area contributed by atoms with Gasteiger partial charge < -0.3 is 18.9 Å². The molecule has 0 N–H and O–H groups in total. The standard InChI is InChI=1S/C31H31N3O7/c1-38-25-13-11-19(16-27(25)40-3)15-20-7-6-10-24-29(20)32-33(31(35)22-8-5-9-23(17-22)34(36)37)30(24)21-12-14-26(39-2)28(18-21)41-4/h5,8-9,11-18,24,30H,6-7,10H2,1-4H3/b20-15+/t24-,30-/m1/s1. The highest BCUT2D eigenvalue weighted by molar-refractivity contribution is 6.09. The molecule has 3 aromatic carbocycles. The van der Waals surface area contributed by atoms with Crippen molar-refractivity contribution < 1.29 is 28.7 Å². The summed E-state index contributed by atoms with van der Waals surface area (Å²) in [6.07, 6.45) is 4.59. The average Bonchev–Trinajstić information content (AvgIpc) is 3.40. The number of carbonyl (C=O) groups excluding carboxylic acids is 1. The molecular weight excluding hydrogens is 526 g/mol. The van der Waals surface area contributed by atoms with Crippen molar-refractivity contribution in [2.75, 3.05) is 28.4 Å². The molecule has 1 amide bonds. The summed E-state index contributed by atoms with van der Waals surface area (Å²) in [4.78, 5) is 24.8. The number of benzene rings is 3. The Hall–Kier alpha value is -4.86. The minimum atomic E-state index is -0.512. The van der Waals surface area contributed by atoms with Crippen LogP contribution < -0.4 is 18.9 Å². The van der Waals surface area contributed by atoms with Crippen LogP contribution in [0, 0.1) is 16.0 Å². The summed E-state index contributed by atoms with van der Waals surface area (Å²) in [5.41, 5.74) is 3.64. The summed E-state index contributed by atoms with van der Waals surface area (Å²) >= 11 is 0. The van der Waals surface area contributed by atoms with Crippen LogP contribution in [0.15, 0.2) is 71.3 Å². The molecule has 1 aliphatic carbocycles. The first-order valence-electron chi connectivity index (χ1n) is 13.2. The van der Waals surface area contributed by atoms with E-state index in [1.165, 1.54) is 23.2 Å². The van der Waals surface area contributed by atoms with Crippen LogP contribution in [0.2, 0.25) is 0 Å². The summed E-state index contributed by atoms with van der Waals surface area (Å²) in [5, 5.41) is 17.8. The zero-order chi connectivity index (χ0) is 29.1. The van der Waals surface area contributed by atoms with Crippen molar-refractivity contribution in [2.24, 2.45) is 11.0 Å². The Labute approximate surface area is 237 Å². The topological polar surface area (TPSA) is 113 Å². The predicted molar refractivity (Wildman–Crippen MR) is 154 cm³/mol. The van der Waals surface area contributed by atoms with Gasteiger partial charge in [-0.1, -0.05) is 18.2 Å². The zero-order valence-corrected chi connectivity index (χ0v) is 23.3. The Bertz CT molecular complexity index is 1550. The number of carbonyl (C=O) groups is 1. The lowest BCUT2D eigenvalue weighted by atomic mass is 9.77. The molecule has 0 radical (unpaired) electrons. The van der Waals surface area contributed by atoms with E-state index in [0.717, 1.165) is 41.7 Å². The van der Waals surface area contributed by atoms with E-state index in [1.807, 2.05) is 36.4 Å². The predicted octanol–water partition coefficient (Wildman–Crippen LogP) is 6.07. The van der Waals surface area contributed by atoms with Gasteiger partial charge in [-0.05, 0) is 72.4 Å². The van der Waals surface area contributed by atoms with Crippen LogP contribution in [0.4, 0.5) is 5.69 Å². The maximum Gasteiger partial charge on any atom is 0.274 e. The molecule has 0 saturated heterocycles. The van der Waals surface area contributed by atoms with E-state index in [0.29, 0.717) is 23.0 Å². The molecule has 212 valence electrons. The average molecular weight is 558 g/mol. The summed E-state index contributed by atoms with van der Waals surface area (Å²) < 4.78 is 21.9. The van der Waals surface area contributed by atoms with Gasteiger partial charge in [0.15, 0.2) is 23.0 Å². The third-order valence-corrected chi connectivity index (χ3v) is 7.51. The van der Waals surface area contributed by atoms with Crippen molar-refractivity contribution in [1.29, 1.82) is 0 Å². The second kappa shape index (κ2) is 11.7. The number of allylic oxidation sites excluding steroid dienone is 1. The number of nitro benzene ring substituents is 1. The zero-order valence-electron chi connectivity index (χ0n) is 23.3. The van der Waals surface area contributed by atoms with Crippen LogP contribution in [0.3, 0.4) is 0 Å². The largest absolute Gasteiger partial charge is 0.493 e. The molecule has 1 saturated carbocycles. The minimum Gasteiger partial charge on any atom is -0.493 e. The molecule has 1 heterocycles. The van der Waals surface area contributed by atoms with E-state index in [-0.39, 0.29) is 17.2 Å². The fraction of sp³-hybridized carbons (Fsp3) is 0.290. The highest BCUT2D eigenvalue weighted by Gasteiger charge is 2.44. The van der Waals surface area contributed by atoms with Crippen LogP contribution in [0.25, 0.3) is 6.08 Å². The fourth-order valence-electron chi connectivity index (χ4n) is 5.57. The van der Waals surface area contributed by atoms with Gasteiger partial charge in [0.05, 0.1) is 45.1 Å². The maximum absolute atomic E-state index is 13.9. The van der Waals surface area contributed by atoms with Crippen LogP contribution in [-0.4, -0.2) is 50.0 Å². The van der Waals surface area contributed by atoms with Crippen molar-refractivity contribution in [3.8, 4) is 23.0 Å². The highest BCUT2D eigenvalue weighted by Crippen LogP contribution is 2.46. The van der Waals surface area contributed by atoms with E-state index in [4.69, 9.17) is 24.0 Å². The number of rotatable bonds is 8. The van der Waals surface area contributed by atoms with E-state index in [2.05, 4.69) is 6.08 Å². The molecule has 1 aliphatic heterocycles. The minimum absolute atomic E-state index is 0.0871. The van der Waals surface area contributed by atoms with Gasteiger partial charge in [-0.2, -0.15) is 5.10 Å². The van der Waals surface area contributed by atoms with Gasteiger partial charge in [0, 0.05) is 23.6 Å². The van der Waals surface area contributed by atoms with Crippen LogP contribution in [0.1, 0.15) is 46.8 Å². The van der Waals surface area contributed by atoms with E-state index in [9.17, 15) is 14.9 Å². The maximum atomic E-state index is 13.9. The third-order valence-electron chi connectivity index (χ3n) is 7.51. The smallest absolute Gasteiger partial charge is 0.274 e. The highest BCUT2D eigenvalue weighted by atomic mass is 16.6. The van der Waals surface area contributed by atoms with Crippen molar-refractivity contribution >= 4 is 23.4 Å². The van der Waals surface area contributed by atoms with E-state index in [1.54, 1.807) is 34.5 Å². The summed E-state index contributed by atoms with van der Waals surface area (Å²) in [5.74, 6) is 1.87. The molecule has 2 aliphatic rings. The van der Waals surface area contributed by atoms with Gasteiger partial charge in [0.1, 0.15) is 0 Å². The Morgan fingerprint density at radius 2 is 1.61 bits per heavy atom. The number of fused-ring (bicyclic) bond motifs is 1. The molecule has 0 spiro atoms. The van der Waals surface area contributed by atoms with Gasteiger partial charge >= 0.3 is 0 Å². The second-order valence-corrected chi connectivity index (χ2v) is 9.78. The van der Waals surface area contributed by atoms with Crippen LogP contribution in [0.5, 0.6) is 23.0 Å². The number of methoxy groups -OCH3 is 4. The molecule has 0 bridgehead atoms. The Morgan fingerprint density at radius 3 is 2.29 bits per heavy atom. The molecule has 1 fully saturated rings. The van der Waals surface area contributed by atoms with Crippen LogP contribution >= 0.6 is 0 Å². The summed E-state index contributed by atoms with van der Waals surface area (Å²) in [6.45, 7) is 0. The third kappa shape index (κ3) is 5.32. The number of hydrogen-bond acceptors (Lipinski definition) is 8. The number of amides is 1. The molecule has 10 heteroatoms. The molecule has 3 aromatic rings. The van der Waals surface area contributed by atoms with Crippen LogP contribution in [-0.2, 0) is 0 Å². The van der Waals surface area contributed by atoms with E-state index < -0.39 is 16.9 Å². The van der Waals surface area contributed by atoms with Gasteiger partial charge in [-0.25, -0.2) is 5.01 Å². The molecule has 5 rings (SSSR count). The molecular formula is C31H31N3O7. The molecule has 0 unspecified atom stereocenters. The number of non-ortho nitro benzene ring substituents is 1. The lowest BCUT2D eigenvalue weighted by Gasteiger charge is -2.30. The number of nitrogens with zero attached hydrogens (tertiary/aromatic N) is 3. The number of hydrogen-bond donors (Lipinski definition) is 0. The number of hydrazone groups is 1. The summed E-state index contributed by atoms with van der Waals surface area (Å²) in [7, 11) is 6.32. The summed E-state index contributed by atoms with van der Waals surface area (Å²) in [6, 6.07) is 16.6. The second-order valence-electron chi connectivity index (χ2n) is 9.78. The Balaban J connectivity index is 1.60. The van der Waals surface area contributed by atoms with Gasteiger partial charge in [0.2, 0.25) is 0 Å². The number of nitro groups is 1. The van der Waals surface area contributed by atoms with Crippen molar-refractivity contribution in [2.45, 2.75) is 25.3 Å². The molecule has 41 heavy (non-hydrogen) atoms. The molecule has 0 aromatic heterocycles.